The van der Waals surface area contributed by atoms with Crippen LogP contribution in [0.5, 0.6) is 0 Å². The van der Waals surface area contributed by atoms with E-state index in [1.807, 2.05) is 0 Å². The highest BCUT2D eigenvalue weighted by Gasteiger charge is 2.15. The molecular formula is C10H11BrN2O2. The van der Waals surface area contributed by atoms with Gasteiger partial charge in [0.25, 0.3) is 5.91 Å². The Morgan fingerprint density at radius 3 is 2.73 bits per heavy atom. The van der Waals surface area contributed by atoms with E-state index in [1.165, 1.54) is 13.1 Å². The summed E-state index contributed by atoms with van der Waals surface area (Å²) in [5.41, 5.74) is 0.283. The average Bonchev–Trinajstić information content (AvgIpc) is 2.18. The number of nitrogens with one attached hydrogen (secondary N) is 1. The first kappa shape index (κ1) is 11.8. The lowest BCUT2D eigenvalue weighted by molar-refractivity contribution is -0.118. The first-order valence-electron chi connectivity index (χ1n) is 4.44. The van der Waals surface area contributed by atoms with Crippen molar-refractivity contribution in [2.24, 2.45) is 0 Å². The van der Waals surface area contributed by atoms with Crippen LogP contribution in [0.15, 0.2) is 22.8 Å². The summed E-state index contributed by atoms with van der Waals surface area (Å²) >= 11 is 3.22. The number of carbonyl (C=O) groups is 2. The third-order valence-electron chi connectivity index (χ3n) is 1.93. The van der Waals surface area contributed by atoms with Crippen LogP contribution in [0.1, 0.15) is 24.3 Å². The number of hydrogen-bond acceptors (Lipinski definition) is 3. The van der Waals surface area contributed by atoms with Crippen molar-refractivity contribution in [1.82, 2.24) is 10.3 Å². The molecule has 1 N–H and O–H groups in total. The van der Waals surface area contributed by atoms with Gasteiger partial charge in [-0.25, -0.2) is 4.98 Å². The quantitative estimate of drug-likeness (QED) is 0.907. The summed E-state index contributed by atoms with van der Waals surface area (Å²) in [5, 5.41) is 2.56. The summed E-state index contributed by atoms with van der Waals surface area (Å²) in [4.78, 5) is 26.5. The maximum absolute atomic E-state index is 11.6. The zero-order valence-corrected chi connectivity index (χ0v) is 10.0. The topological polar surface area (TPSA) is 59.1 Å². The second-order valence-corrected chi connectivity index (χ2v) is 3.99. The van der Waals surface area contributed by atoms with Crippen molar-refractivity contribution in [2.75, 3.05) is 0 Å². The van der Waals surface area contributed by atoms with E-state index in [0.717, 1.165) is 0 Å². The maximum Gasteiger partial charge on any atom is 0.271 e. The van der Waals surface area contributed by atoms with Crippen molar-refractivity contribution < 1.29 is 9.59 Å². The van der Waals surface area contributed by atoms with E-state index in [4.69, 9.17) is 0 Å². The molecule has 1 aromatic rings. The molecule has 0 fully saturated rings. The molecule has 15 heavy (non-hydrogen) atoms. The van der Waals surface area contributed by atoms with Gasteiger partial charge in [-0.1, -0.05) is 0 Å². The van der Waals surface area contributed by atoms with Crippen molar-refractivity contribution >= 4 is 27.6 Å². The summed E-state index contributed by atoms with van der Waals surface area (Å²) < 4.78 is 0.609. The molecule has 0 aromatic carbocycles. The van der Waals surface area contributed by atoms with Crippen molar-refractivity contribution in [3.8, 4) is 0 Å². The minimum atomic E-state index is -0.494. The van der Waals surface area contributed by atoms with Gasteiger partial charge in [0.1, 0.15) is 5.69 Å². The Bertz CT molecular complexity index is 393. The summed E-state index contributed by atoms with van der Waals surface area (Å²) in [7, 11) is 0. The molecule has 0 spiro atoms. The van der Waals surface area contributed by atoms with Gasteiger partial charge in [0.15, 0.2) is 5.78 Å². The molecule has 1 aromatic heterocycles. The van der Waals surface area contributed by atoms with E-state index >= 15 is 0 Å². The minimum Gasteiger partial charge on any atom is -0.341 e. The van der Waals surface area contributed by atoms with Gasteiger partial charge in [0.2, 0.25) is 0 Å². The van der Waals surface area contributed by atoms with E-state index in [-0.39, 0.29) is 17.4 Å². The van der Waals surface area contributed by atoms with E-state index in [0.29, 0.717) is 4.47 Å². The fraction of sp³-hybridized carbons (Fsp3) is 0.300. The number of pyridine rings is 1. The number of amides is 1. The molecule has 1 rings (SSSR count). The van der Waals surface area contributed by atoms with Gasteiger partial charge in [0, 0.05) is 10.7 Å². The van der Waals surface area contributed by atoms with Crippen molar-refractivity contribution in [2.45, 2.75) is 19.9 Å². The summed E-state index contributed by atoms with van der Waals surface area (Å²) in [6.45, 7) is 3.06. The Balaban J connectivity index is 2.78. The molecule has 1 unspecified atom stereocenters. The van der Waals surface area contributed by atoms with Crippen LogP contribution in [-0.4, -0.2) is 22.7 Å². The van der Waals surface area contributed by atoms with Crippen LogP contribution in [0, 0.1) is 0 Å². The average molecular weight is 271 g/mol. The molecule has 0 saturated carbocycles. The summed E-state index contributed by atoms with van der Waals surface area (Å²) in [5.74, 6) is -0.444. The number of carbonyl (C=O) groups excluding carboxylic acids is 2. The Morgan fingerprint density at radius 1 is 1.53 bits per heavy atom. The molecular weight excluding hydrogens is 260 g/mol. The van der Waals surface area contributed by atoms with Crippen LogP contribution < -0.4 is 5.32 Å². The number of hydrogen-bond donors (Lipinski definition) is 1. The molecule has 0 radical (unpaired) electrons. The van der Waals surface area contributed by atoms with Gasteiger partial charge in [-0.15, -0.1) is 0 Å². The van der Waals surface area contributed by atoms with Crippen LogP contribution in [0.3, 0.4) is 0 Å². The Morgan fingerprint density at radius 2 is 2.20 bits per heavy atom. The second-order valence-electron chi connectivity index (χ2n) is 3.14. The van der Waals surface area contributed by atoms with Gasteiger partial charge in [-0.2, -0.15) is 0 Å². The molecule has 0 aliphatic carbocycles. The lowest BCUT2D eigenvalue weighted by Crippen LogP contribution is -2.37. The van der Waals surface area contributed by atoms with Crippen LogP contribution in [-0.2, 0) is 4.79 Å². The lowest BCUT2D eigenvalue weighted by Gasteiger charge is -2.10. The number of halogens is 1. The SMILES string of the molecule is CC(=O)C(C)NC(=O)c1ncccc1Br. The molecule has 80 valence electrons. The number of ketones is 1. The molecule has 1 atom stereocenters. The highest BCUT2D eigenvalue weighted by Crippen LogP contribution is 2.12. The largest absolute Gasteiger partial charge is 0.341 e. The molecule has 1 heterocycles. The molecule has 0 bridgehead atoms. The highest BCUT2D eigenvalue weighted by molar-refractivity contribution is 9.10. The molecule has 0 aliphatic rings. The zero-order valence-electron chi connectivity index (χ0n) is 8.45. The van der Waals surface area contributed by atoms with Gasteiger partial charge in [-0.05, 0) is 41.9 Å². The fourth-order valence-electron chi connectivity index (χ4n) is 0.919. The molecule has 5 heteroatoms. The predicted octanol–water partition coefficient (Wildman–Crippen LogP) is 1.55. The lowest BCUT2D eigenvalue weighted by atomic mass is 10.2. The van der Waals surface area contributed by atoms with Crippen molar-refractivity contribution in [1.29, 1.82) is 0 Å². The fourth-order valence-corrected chi connectivity index (χ4v) is 1.35. The van der Waals surface area contributed by atoms with Crippen molar-refractivity contribution in [3.63, 3.8) is 0 Å². The maximum atomic E-state index is 11.6. The minimum absolute atomic E-state index is 0.0876. The Kier molecular flexibility index (Phi) is 3.96. The third-order valence-corrected chi connectivity index (χ3v) is 2.57. The van der Waals surface area contributed by atoms with Crippen LogP contribution in [0.4, 0.5) is 0 Å². The number of Topliss-reactive ketones (excluding diaryl/α,β-unsaturated/α-hetero) is 1. The number of rotatable bonds is 3. The Hall–Kier alpha value is -1.23. The van der Waals surface area contributed by atoms with E-state index in [9.17, 15) is 9.59 Å². The van der Waals surface area contributed by atoms with Crippen LogP contribution in [0.25, 0.3) is 0 Å². The Labute approximate surface area is 96.2 Å². The summed E-state index contributed by atoms with van der Waals surface area (Å²) in [6.07, 6.45) is 1.53. The van der Waals surface area contributed by atoms with Gasteiger partial charge in [-0.3, -0.25) is 9.59 Å². The monoisotopic (exact) mass is 270 g/mol. The van der Waals surface area contributed by atoms with E-state index in [1.54, 1.807) is 19.1 Å². The van der Waals surface area contributed by atoms with Crippen molar-refractivity contribution in [3.05, 3.63) is 28.5 Å². The molecule has 4 nitrogen and oxygen atoms in total. The first-order chi connectivity index (χ1) is 7.02. The normalized spacial score (nSPS) is 11.9. The van der Waals surface area contributed by atoms with Gasteiger partial charge < -0.3 is 5.32 Å². The summed E-state index contributed by atoms with van der Waals surface area (Å²) in [6, 6.07) is 2.95. The standard InChI is InChI=1S/C10H11BrN2O2/c1-6(7(2)14)13-10(15)9-8(11)4-3-5-12-9/h3-6H,1-2H3,(H,13,15). The highest BCUT2D eigenvalue weighted by atomic mass is 79.9. The van der Waals surface area contributed by atoms with Crippen LogP contribution >= 0.6 is 15.9 Å². The van der Waals surface area contributed by atoms with Gasteiger partial charge >= 0.3 is 0 Å². The van der Waals surface area contributed by atoms with Crippen LogP contribution in [0.2, 0.25) is 0 Å². The first-order valence-corrected chi connectivity index (χ1v) is 5.23. The molecule has 0 aliphatic heterocycles. The zero-order chi connectivity index (χ0) is 11.4. The molecule has 1 amide bonds. The smallest absolute Gasteiger partial charge is 0.271 e. The number of nitrogens with zero attached hydrogens (tertiary/aromatic N) is 1. The number of aromatic nitrogens is 1. The van der Waals surface area contributed by atoms with Gasteiger partial charge in [0.05, 0.1) is 6.04 Å². The second kappa shape index (κ2) is 5.02. The third kappa shape index (κ3) is 3.13. The van der Waals surface area contributed by atoms with E-state index < -0.39 is 6.04 Å². The van der Waals surface area contributed by atoms with E-state index in [2.05, 4.69) is 26.2 Å². The molecule has 0 saturated heterocycles. The predicted molar refractivity (Wildman–Crippen MR) is 59.5 cm³/mol.